The Balaban J connectivity index is 0.00000176. The molecule has 0 radical (unpaired) electrons. The van der Waals surface area contributed by atoms with Gasteiger partial charge in [0.05, 0.1) is 6.61 Å². The zero-order chi connectivity index (χ0) is 19.9. The van der Waals surface area contributed by atoms with Gasteiger partial charge in [0, 0.05) is 11.8 Å². The molecular formula is C24H37NOS. The quantitative estimate of drug-likeness (QED) is 0.279. The molecule has 0 saturated heterocycles. The molecule has 0 bridgehead atoms. The van der Waals surface area contributed by atoms with Crippen LogP contribution in [0, 0.1) is 5.92 Å². The van der Waals surface area contributed by atoms with Crippen LogP contribution in [0.1, 0.15) is 69.5 Å². The Morgan fingerprint density at radius 3 is 2.44 bits per heavy atom. The summed E-state index contributed by atoms with van der Waals surface area (Å²) in [5.74, 6) is 1.48. The van der Waals surface area contributed by atoms with Gasteiger partial charge in [-0.05, 0) is 35.5 Å². The molecule has 1 aromatic carbocycles. The van der Waals surface area contributed by atoms with Crippen molar-refractivity contribution in [2.24, 2.45) is 5.92 Å². The van der Waals surface area contributed by atoms with Gasteiger partial charge in [-0.1, -0.05) is 107 Å². The molecule has 150 valence electrons. The van der Waals surface area contributed by atoms with Crippen LogP contribution in [0.3, 0.4) is 0 Å². The van der Waals surface area contributed by atoms with E-state index in [1.807, 2.05) is 38.1 Å². The predicted octanol–water partition coefficient (Wildman–Crippen LogP) is 6.75. The minimum atomic E-state index is 0.0972. The third kappa shape index (κ3) is 8.08. The van der Waals surface area contributed by atoms with Gasteiger partial charge in [-0.2, -0.15) is 0 Å². The molecule has 3 heteroatoms. The van der Waals surface area contributed by atoms with E-state index in [9.17, 15) is 5.11 Å². The number of benzene rings is 1. The van der Waals surface area contributed by atoms with Crippen LogP contribution in [0.2, 0.25) is 0 Å². The van der Waals surface area contributed by atoms with Crippen molar-refractivity contribution >= 4 is 11.9 Å². The van der Waals surface area contributed by atoms with Crippen LogP contribution in [0.15, 0.2) is 61.2 Å². The molecule has 0 heterocycles. The van der Waals surface area contributed by atoms with Crippen LogP contribution in [0.25, 0.3) is 0 Å². The first-order chi connectivity index (χ1) is 13.3. The lowest BCUT2D eigenvalue weighted by molar-refractivity contribution is 0.276. The van der Waals surface area contributed by atoms with Crippen LogP contribution in [-0.4, -0.2) is 10.9 Å². The average Bonchev–Trinajstić information content (AvgIpc) is 3.01. The van der Waals surface area contributed by atoms with Crippen molar-refractivity contribution in [3.8, 4) is 0 Å². The van der Waals surface area contributed by atoms with Gasteiger partial charge in [0.2, 0.25) is 0 Å². The number of nitrogens with one attached hydrogen (secondary N) is 1. The van der Waals surface area contributed by atoms with Gasteiger partial charge in [0.15, 0.2) is 0 Å². The minimum absolute atomic E-state index is 0.0972. The first kappa shape index (κ1) is 23.7. The molecule has 1 aliphatic rings. The average molecular weight is 388 g/mol. The summed E-state index contributed by atoms with van der Waals surface area (Å²) in [4.78, 5) is 0. The lowest BCUT2D eigenvalue weighted by atomic mass is 9.86. The van der Waals surface area contributed by atoms with Crippen LogP contribution in [0.4, 0.5) is 0 Å². The van der Waals surface area contributed by atoms with Gasteiger partial charge in [-0.25, -0.2) is 0 Å². The molecule has 0 aromatic heterocycles. The Morgan fingerprint density at radius 1 is 1.19 bits per heavy atom. The zero-order valence-corrected chi connectivity index (χ0v) is 17.9. The van der Waals surface area contributed by atoms with E-state index < -0.39 is 0 Å². The van der Waals surface area contributed by atoms with E-state index in [1.54, 1.807) is 18.0 Å². The number of allylic oxidation sites excluding steroid dienone is 3. The summed E-state index contributed by atoms with van der Waals surface area (Å²) in [6, 6.07) is 8.58. The maximum Gasteiger partial charge on any atom is 0.0685 e. The maximum atomic E-state index is 9.77. The summed E-state index contributed by atoms with van der Waals surface area (Å²) >= 11 is 1.73. The molecule has 0 amide bonds. The van der Waals surface area contributed by atoms with Gasteiger partial charge in [0.1, 0.15) is 0 Å². The predicted molar refractivity (Wildman–Crippen MR) is 122 cm³/mol. The molecule has 1 aromatic rings. The molecule has 0 aliphatic heterocycles. The molecule has 2 rings (SSSR count). The summed E-state index contributed by atoms with van der Waals surface area (Å²) in [6.45, 7) is 11.7. The number of aliphatic hydroxyl groups excluding tert-OH is 1. The first-order valence-electron chi connectivity index (χ1n) is 10.3. The van der Waals surface area contributed by atoms with Crippen molar-refractivity contribution in [3.63, 3.8) is 0 Å². The van der Waals surface area contributed by atoms with E-state index in [-0.39, 0.29) is 12.6 Å². The summed E-state index contributed by atoms with van der Waals surface area (Å²) in [5.41, 5.74) is 3.45. The van der Waals surface area contributed by atoms with Crippen molar-refractivity contribution in [2.45, 2.75) is 65.0 Å². The second-order valence-corrected chi connectivity index (χ2v) is 7.49. The lowest BCUT2D eigenvalue weighted by Crippen LogP contribution is -2.25. The van der Waals surface area contributed by atoms with E-state index in [0.29, 0.717) is 5.92 Å². The van der Waals surface area contributed by atoms with Gasteiger partial charge in [0.25, 0.3) is 0 Å². The molecule has 27 heavy (non-hydrogen) atoms. The fourth-order valence-corrected chi connectivity index (χ4v) is 4.54. The first-order valence-corrected chi connectivity index (χ1v) is 11.3. The van der Waals surface area contributed by atoms with E-state index in [0.717, 1.165) is 11.3 Å². The third-order valence-electron chi connectivity index (χ3n) is 4.97. The highest BCUT2D eigenvalue weighted by molar-refractivity contribution is 7.97. The molecule has 1 atom stereocenters. The normalized spacial score (nSPS) is 16.6. The van der Waals surface area contributed by atoms with E-state index in [2.05, 4.69) is 30.0 Å². The van der Waals surface area contributed by atoms with Crippen LogP contribution in [-0.2, 0) is 6.61 Å². The Kier molecular flexibility index (Phi) is 13.0. The molecule has 1 unspecified atom stereocenters. The smallest absolute Gasteiger partial charge is 0.0685 e. The number of hydrogen-bond donors (Lipinski definition) is 2. The van der Waals surface area contributed by atoms with Gasteiger partial charge >= 0.3 is 0 Å². The van der Waals surface area contributed by atoms with Gasteiger partial charge < -0.3 is 5.11 Å². The number of hydrogen-bond acceptors (Lipinski definition) is 3. The Hall–Kier alpha value is -1.29. The highest BCUT2D eigenvalue weighted by Gasteiger charge is 2.25. The molecule has 0 spiro atoms. The Bertz CT molecular complexity index is 573. The standard InChI is InChI=1S/C22H31NOS.C2H6/c1-3-11-18(4-2)17-25-23-22(19-12-7-5-6-8-13-19)21-15-10-9-14-20(21)16-24;1-2/h3-4,9-11,14-15,19,22-24H,1-2,5-8,12-13,16-17H2;1-2H3/b18-11+;. The monoisotopic (exact) mass is 387 g/mol. The van der Waals surface area contributed by atoms with Crippen LogP contribution in [0.5, 0.6) is 0 Å². The molecular weight excluding hydrogens is 350 g/mol. The molecule has 1 saturated carbocycles. The van der Waals surface area contributed by atoms with Crippen molar-refractivity contribution in [1.29, 1.82) is 0 Å². The molecule has 1 aliphatic carbocycles. The molecule has 1 fully saturated rings. The summed E-state index contributed by atoms with van der Waals surface area (Å²) in [6.07, 6.45) is 13.5. The van der Waals surface area contributed by atoms with Crippen molar-refractivity contribution in [2.75, 3.05) is 5.75 Å². The van der Waals surface area contributed by atoms with Crippen molar-refractivity contribution in [3.05, 3.63) is 72.4 Å². The fourth-order valence-electron chi connectivity index (χ4n) is 3.58. The largest absolute Gasteiger partial charge is 0.392 e. The highest BCUT2D eigenvalue weighted by atomic mass is 32.2. The topological polar surface area (TPSA) is 32.3 Å². The minimum Gasteiger partial charge on any atom is -0.392 e. The number of aliphatic hydroxyl groups is 1. The Labute approximate surface area is 171 Å². The molecule has 2 nitrogen and oxygen atoms in total. The molecule has 2 N–H and O–H groups in total. The van der Waals surface area contributed by atoms with Crippen molar-refractivity contribution in [1.82, 2.24) is 4.72 Å². The summed E-state index contributed by atoms with van der Waals surface area (Å²) < 4.78 is 3.71. The van der Waals surface area contributed by atoms with Gasteiger partial charge in [-0.15, -0.1) is 0 Å². The van der Waals surface area contributed by atoms with Gasteiger partial charge in [-0.3, -0.25) is 4.72 Å². The lowest BCUT2D eigenvalue weighted by Gasteiger charge is -2.29. The second-order valence-electron chi connectivity index (χ2n) is 6.67. The maximum absolute atomic E-state index is 9.77. The van der Waals surface area contributed by atoms with E-state index in [1.165, 1.54) is 49.7 Å². The highest BCUT2D eigenvalue weighted by Crippen LogP contribution is 2.36. The zero-order valence-electron chi connectivity index (χ0n) is 17.1. The summed E-state index contributed by atoms with van der Waals surface area (Å²) in [7, 11) is 0. The number of rotatable bonds is 9. The summed E-state index contributed by atoms with van der Waals surface area (Å²) in [5, 5.41) is 9.77. The SMILES string of the molecule is C=C/C=C(\C=C)CSNC(c1ccccc1CO)C1CCCCCC1.CC. The second kappa shape index (κ2) is 14.7. The third-order valence-corrected chi connectivity index (χ3v) is 5.87. The van der Waals surface area contributed by atoms with E-state index >= 15 is 0 Å². The fraction of sp³-hybridized carbons (Fsp3) is 0.500. The van der Waals surface area contributed by atoms with Crippen molar-refractivity contribution < 1.29 is 5.11 Å². The van der Waals surface area contributed by atoms with E-state index in [4.69, 9.17) is 0 Å². The Morgan fingerprint density at radius 2 is 1.85 bits per heavy atom. The van der Waals surface area contributed by atoms with Crippen LogP contribution < -0.4 is 4.72 Å². The van der Waals surface area contributed by atoms with Crippen LogP contribution >= 0.6 is 11.9 Å².